The molecule has 1 atom stereocenters. The van der Waals surface area contributed by atoms with Gasteiger partial charge in [0.2, 0.25) is 0 Å². The Morgan fingerprint density at radius 1 is 1.26 bits per heavy atom. The van der Waals surface area contributed by atoms with Crippen molar-refractivity contribution in [3.8, 4) is 0 Å². The predicted molar refractivity (Wildman–Crippen MR) is 77.0 cm³/mol. The monoisotopic (exact) mass is 263 g/mol. The van der Waals surface area contributed by atoms with Crippen LogP contribution < -0.4 is 5.32 Å². The SMILES string of the molecule is CCCNCc1ccc(COCC2CCOC2)cc1. The lowest BCUT2D eigenvalue weighted by Crippen LogP contribution is -2.13. The Kier molecular flexibility index (Phi) is 6.34. The minimum atomic E-state index is 0.595. The van der Waals surface area contributed by atoms with E-state index in [4.69, 9.17) is 9.47 Å². The summed E-state index contributed by atoms with van der Waals surface area (Å²) in [6, 6.07) is 8.68. The third-order valence-corrected chi connectivity index (χ3v) is 3.43. The smallest absolute Gasteiger partial charge is 0.0717 e. The van der Waals surface area contributed by atoms with Crippen molar-refractivity contribution in [2.75, 3.05) is 26.4 Å². The molecule has 1 heterocycles. The fourth-order valence-electron chi connectivity index (χ4n) is 2.22. The van der Waals surface area contributed by atoms with Gasteiger partial charge in [-0.3, -0.25) is 0 Å². The van der Waals surface area contributed by atoms with E-state index in [9.17, 15) is 0 Å². The van der Waals surface area contributed by atoms with Gasteiger partial charge in [0.1, 0.15) is 0 Å². The molecule has 0 aliphatic carbocycles. The standard InChI is InChI=1S/C16H25NO2/c1-2-8-17-10-14-3-5-15(6-4-14)11-19-13-16-7-9-18-12-16/h3-6,16-17H,2,7-13H2,1H3. The molecule has 3 heteroatoms. The van der Waals surface area contributed by atoms with E-state index < -0.39 is 0 Å². The molecular formula is C16H25NO2. The molecule has 1 saturated heterocycles. The Bertz CT molecular complexity index is 344. The van der Waals surface area contributed by atoms with Crippen LogP contribution in [0.25, 0.3) is 0 Å². The second-order valence-electron chi connectivity index (χ2n) is 5.24. The van der Waals surface area contributed by atoms with Gasteiger partial charge in [0.05, 0.1) is 19.8 Å². The third-order valence-electron chi connectivity index (χ3n) is 3.43. The van der Waals surface area contributed by atoms with Crippen molar-refractivity contribution in [2.24, 2.45) is 5.92 Å². The van der Waals surface area contributed by atoms with E-state index in [-0.39, 0.29) is 0 Å². The van der Waals surface area contributed by atoms with Gasteiger partial charge >= 0.3 is 0 Å². The minimum absolute atomic E-state index is 0.595. The van der Waals surface area contributed by atoms with Gasteiger partial charge < -0.3 is 14.8 Å². The van der Waals surface area contributed by atoms with E-state index in [0.717, 1.165) is 39.3 Å². The lowest BCUT2D eigenvalue weighted by Gasteiger charge is -2.09. The zero-order chi connectivity index (χ0) is 13.3. The van der Waals surface area contributed by atoms with Crippen molar-refractivity contribution in [2.45, 2.75) is 32.9 Å². The van der Waals surface area contributed by atoms with Gasteiger partial charge in [-0.05, 0) is 30.5 Å². The summed E-state index contributed by atoms with van der Waals surface area (Å²) in [4.78, 5) is 0. The summed E-state index contributed by atoms with van der Waals surface area (Å²) in [6.45, 7) is 7.50. The highest BCUT2D eigenvalue weighted by Crippen LogP contribution is 2.13. The summed E-state index contributed by atoms with van der Waals surface area (Å²) >= 11 is 0. The topological polar surface area (TPSA) is 30.5 Å². The van der Waals surface area contributed by atoms with Crippen LogP contribution in [-0.2, 0) is 22.6 Å². The molecule has 0 spiro atoms. The molecule has 0 bridgehead atoms. The lowest BCUT2D eigenvalue weighted by molar-refractivity contribution is 0.0791. The fourth-order valence-corrected chi connectivity index (χ4v) is 2.22. The molecule has 0 radical (unpaired) electrons. The van der Waals surface area contributed by atoms with Crippen molar-refractivity contribution in [3.05, 3.63) is 35.4 Å². The van der Waals surface area contributed by atoms with Crippen LogP contribution in [0.2, 0.25) is 0 Å². The summed E-state index contributed by atoms with van der Waals surface area (Å²) in [5.74, 6) is 0.595. The Labute approximate surface area is 116 Å². The fraction of sp³-hybridized carbons (Fsp3) is 0.625. The van der Waals surface area contributed by atoms with E-state index in [1.54, 1.807) is 0 Å². The molecule has 106 valence electrons. The van der Waals surface area contributed by atoms with Crippen LogP contribution in [0, 0.1) is 5.92 Å². The summed E-state index contributed by atoms with van der Waals surface area (Å²) in [5.41, 5.74) is 2.58. The summed E-state index contributed by atoms with van der Waals surface area (Å²) in [7, 11) is 0. The first-order valence-corrected chi connectivity index (χ1v) is 7.32. The quantitative estimate of drug-likeness (QED) is 0.732. The average Bonchev–Trinajstić information content (AvgIpc) is 2.94. The third kappa shape index (κ3) is 5.31. The summed E-state index contributed by atoms with van der Waals surface area (Å²) in [6.07, 6.45) is 2.32. The Hall–Kier alpha value is -0.900. The molecule has 1 aromatic carbocycles. The van der Waals surface area contributed by atoms with Crippen molar-refractivity contribution < 1.29 is 9.47 Å². The first kappa shape index (κ1) is 14.5. The first-order chi connectivity index (χ1) is 9.38. The van der Waals surface area contributed by atoms with Gasteiger partial charge in [0, 0.05) is 19.1 Å². The molecule has 0 saturated carbocycles. The largest absolute Gasteiger partial charge is 0.381 e. The van der Waals surface area contributed by atoms with Crippen molar-refractivity contribution in [1.82, 2.24) is 5.32 Å². The van der Waals surface area contributed by atoms with Crippen LogP contribution in [0.4, 0.5) is 0 Å². The molecule has 1 aliphatic rings. The molecular weight excluding hydrogens is 238 g/mol. The summed E-state index contributed by atoms with van der Waals surface area (Å²) < 4.78 is 11.1. The zero-order valence-corrected chi connectivity index (χ0v) is 11.9. The number of hydrogen-bond donors (Lipinski definition) is 1. The maximum atomic E-state index is 5.75. The first-order valence-electron chi connectivity index (χ1n) is 7.32. The van der Waals surface area contributed by atoms with Gasteiger partial charge in [0.25, 0.3) is 0 Å². The lowest BCUT2D eigenvalue weighted by atomic mass is 10.1. The molecule has 3 nitrogen and oxygen atoms in total. The number of nitrogens with one attached hydrogen (secondary N) is 1. The number of ether oxygens (including phenoxy) is 2. The normalized spacial score (nSPS) is 18.9. The van der Waals surface area contributed by atoms with Crippen LogP contribution in [-0.4, -0.2) is 26.4 Å². The minimum Gasteiger partial charge on any atom is -0.381 e. The van der Waals surface area contributed by atoms with Gasteiger partial charge in [0.15, 0.2) is 0 Å². The van der Waals surface area contributed by atoms with E-state index >= 15 is 0 Å². The van der Waals surface area contributed by atoms with Crippen LogP contribution in [0.15, 0.2) is 24.3 Å². The van der Waals surface area contributed by atoms with E-state index in [1.807, 2.05) is 0 Å². The van der Waals surface area contributed by atoms with Crippen LogP contribution in [0.1, 0.15) is 30.9 Å². The van der Waals surface area contributed by atoms with Crippen molar-refractivity contribution in [3.63, 3.8) is 0 Å². The molecule has 19 heavy (non-hydrogen) atoms. The van der Waals surface area contributed by atoms with E-state index in [2.05, 4.69) is 36.5 Å². The number of benzene rings is 1. The highest BCUT2D eigenvalue weighted by atomic mass is 16.5. The van der Waals surface area contributed by atoms with Crippen LogP contribution >= 0.6 is 0 Å². The van der Waals surface area contributed by atoms with Gasteiger partial charge in [-0.25, -0.2) is 0 Å². The van der Waals surface area contributed by atoms with Gasteiger partial charge in [-0.15, -0.1) is 0 Å². The van der Waals surface area contributed by atoms with E-state index in [0.29, 0.717) is 12.5 Å². The zero-order valence-electron chi connectivity index (χ0n) is 11.9. The van der Waals surface area contributed by atoms with E-state index in [1.165, 1.54) is 17.5 Å². The molecule has 1 fully saturated rings. The summed E-state index contributed by atoms with van der Waals surface area (Å²) in [5, 5.41) is 3.41. The predicted octanol–water partition coefficient (Wildman–Crippen LogP) is 2.74. The molecule has 1 aliphatic heterocycles. The van der Waals surface area contributed by atoms with Gasteiger partial charge in [-0.1, -0.05) is 31.2 Å². The second-order valence-corrected chi connectivity index (χ2v) is 5.24. The number of rotatable bonds is 8. The van der Waals surface area contributed by atoms with Crippen molar-refractivity contribution >= 4 is 0 Å². The Morgan fingerprint density at radius 2 is 2.05 bits per heavy atom. The highest BCUT2D eigenvalue weighted by Gasteiger charge is 2.15. The van der Waals surface area contributed by atoms with Gasteiger partial charge in [-0.2, -0.15) is 0 Å². The molecule has 1 N–H and O–H groups in total. The Balaban J connectivity index is 1.66. The molecule has 1 unspecified atom stereocenters. The van der Waals surface area contributed by atoms with Crippen molar-refractivity contribution in [1.29, 1.82) is 0 Å². The maximum absolute atomic E-state index is 5.75. The highest BCUT2D eigenvalue weighted by molar-refractivity contribution is 5.21. The van der Waals surface area contributed by atoms with Crippen LogP contribution in [0.5, 0.6) is 0 Å². The maximum Gasteiger partial charge on any atom is 0.0717 e. The second kappa shape index (κ2) is 8.31. The molecule has 0 aromatic heterocycles. The molecule has 1 aromatic rings. The number of hydrogen-bond acceptors (Lipinski definition) is 3. The molecule has 2 rings (SSSR count). The van der Waals surface area contributed by atoms with Crippen LogP contribution in [0.3, 0.4) is 0 Å². The Morgan fingerprint density at radius 3 is 2.74 bits per heavy atom. The average molecular weight is 263 g/mol. The molecule has 0 amide bonds.